The van der Waals surface area contributed by atoms with Crippen molar-refractivity contribution >= 4 is 34.8 Å². The number of benzene rings is 1. The van der Waals surface area contributed by atoms with Gasteiger partial charge in [-0.05, 0) is 23.8 Å². The summed E-state index contributed by atoms with van der Waals surface area (Å²) in [6, 6.07) is 7.35. The smallest absolute Gasteiger partial charge is 0.259 e. The second-order valence-corrected chi connectivity index (χ2v) is 7.09. The SMILES string of the molecule is O=C(c1cnn2cccnc12)N1CCN(Cc2ccc(Cl)cc2Cl)CC1. The standard InChI is InChI=1S/C18H17Cl2N5O/c19-14-3-2-13(16(20)10-14)12-23-6-8-24(9-7-23)18(26)15-11-22-25-5-1-4-21-17(15)25/h1-5,10-11H,6-9,12H2. The third-order valence-corrected chi connectivity index (χ3v) is 5.17. The summed E-state index contributed by atoms with van der Waals surface area (Å²) in [4.78, 5) is 21.2. The van der Waals surface area contributed by atoms with Gasteiger partial charge in [-0.2, -0.15) is 5.10 Å². The summed E-state index contributed by atoms with van der Waals surface area (Å²) in [6.45, 7) is 3.65. The normalized spacial score (nSPS) is 15.5. The number of carbonyl (C=O) groups excluding carboxylic acids is 1. The van der Waals surface area contributed by atoms with Crippen LogP contribution in [0.3, 0.4) is 0 Å². The van der Waals surface area contributed by atoms with Crippen LogP contribution >= 0.6 is 23.2 Å². The molecular weight excluding hydrogens is 373 g/mol. The molecule has 6 nitrogen and oxygen atoms in total. The molecule has 26 heavy (non-hydrogen) atoms. The Balaban J connectivity index is 1.41. The lowest BCUT2D eigenvalue weighted by Crippen LogP contribution is -2.48. The van der Waals surface area contributed by atoms with Gasteiger partial charge in [-0.1, -0.05) is 29.3 Å². The number of hydrogen-bond donors (Lipinski definition) is 0. The van der Waals surface area contributed by atoms with Gasteiger partial charge in [0, 0.05) is 55.2 Å². The van der Waals surface area contributed by atoms with Crippen molar-refractivity contribution < 1.29 is 4.79 Å². The van der Waals surface area contributed by atoms with Crippen molar-refractivity contribution in [1.29, 1.82) is 0 Å². The molecule has 0 spiro atoms. The zero-order valence-corrected chi connectivity index (χ0v) is 15.5. The van der Waals surface area contributed by atoms with Gasteiger partial charge in [-0.25, -0.2) is 9.50 Å². The molecule has 1 aromatic carbocycles. The minimum atomic E-state index is -0.0251. The Hall–Kier alpha value is -2.15. The molecule has 0 atom stereocenters. The maximum absolute atomic E-state index is 12.8. The van der Waals surface area contributed by atoms with Gasteiger partial charge in [0.2, 0.25) is 0 Å². The number of carbonyl (C=O) groups is 1. The van der Waals surface area contributed by atoms with Crippen molar-refractivity contribution in [3.05, 3.63) is 64.0 Å². The Bertz CT molecular complexity index is 950. The molecule has 8 heteroatoms. The van der Waals surface area contributed by atoms with Gasteiger partial charge in [-0.15, -0.1) is 0 Å². The zero-order valence-electron chi connectivity index (χ0n) is 14.0. The van der Waals surface area contributed by atoms with Crippen molar-refractivity contribution in [3.63, 3.8) is 0 Å². The highest BCUT2D eigenvalue weighted by molar-refractivity contribution is 6.35. The van der Waals surface area contributed by atoms with Crippen LogP contribution in [0.1, 0.15) is 15.9 Å². The first-order valence-electron chi connectivity index (χ1n) is 8.36. The van der Waals surface area contributed by atoms with E-state index in [1.165, 1.54) is 0 Å². The summed E-state index contributed by atoms with van der Waals surface area (Å²) in [5.41, 5.74) is 2.18. The highest BCUT2D eigenvalue weighted by Crippen LogP contribution is 2.23. The lowest BCUT2D eigenvalue weighted by atomic mass is 10.2. The van der Waals surface area contributed by atoms with Crippen LogP contribution in [0.25, 0.3) is 5.65 Å². The molecule has 2 aromatic heterocycles. The Kier molecular flexibility index (Phi) is 4.80. The molecule has 1 saturated heterocycles. The molecule has 0 unspecified atom stereocenters. The molecule has 0 radical (unpaired) electrons. The lowest BCUT2D eigenvalue weighted by Gasteiger charge is -2.34. The largest absolute Gasteiger partial charge is 0.336 e. The monoisotopic (exact) mass is 389 g/mol. The third kappa shape index (κ3) is 3.40. The van der Waals surface area contributed by atoms with Gasteiger partial charge in [0.1, 0.15) is 5.56 Å². The van der Waals surface area contributed by atoms with E-state index in [2.05, 4.69) is 15.0 Å². The van der Waals surface area contributed by atoms with Crippen LogP contribution in [0.5, 0.6) is 0 Å². The second kappa shape index (κ2) is 7.23. The fraction of sp³-hybridized carbons (Fsp3) is 0.278. The summed E-state index contributed by atoms with van der Waals surface area (Å²) >= 11 is 12.2. The van der Waals surface area contributed by atoms with Gasteiger partial charge in [0.05, 0.1) is 6.20 Å². The Morgan fingerprint density at radius 1 is 1.15 bits per heavy atom. The van der Waals surface area contributed by atoms with Crippen molar-refractivity contribution in [2.45, 2.75) is 6.54 Å². The summed E-state index contributed by atoms with van der Waals surface area (Å²) in [5, 5.41) is 5.50. The predicted molar refractivity (Wildman–Crippen MR) is 101 cm³/mol. The summed E-state index contributed by atoms with van der Waals surface area (Å²) in [5.74, 6) is -0.0251. The summed E-state index contributed by atoms with van der Waals surface area (Å²) < 4.78 is 1.62. The van der Waals surface area contributed by atoms with Crippen LogP contribution in [0.15, 0.2) is 42.9 Å². The first kappa shape index (κ1) is 17.3. The van der Waals surface area contributed by atoms with E-state index in [4.69, 9.17) is 23.2 Å². The van der Waals surface area contributed by atoms with Gasteiger partial charge < -0.3 is 4.90 Å². The first-order valence-corrected chi connectivity index (χ1v) is 9.11. The van der Waals surface area contributed by atoms with E-state index >= 15 is 0 Å². The van der Waals surface area contributed by atoms with E-state index in [0.29, 0.717) is 34.3 Å². The van der Waals surface area contributed by atoms with E-state index in [1.54, 1.807) is 35.2 Å². The molecule has 0 aliphatic carbocycles. The lowest BCUT2D eigenvalue weighted by molar-refractivity contribution is 0.0630. The first-order chi connectivity index (χ1) is 12.6. The van der Waals surface area contributed by atoms with Crippen molar-refractivity contribution in [2.24, 2.45) is 0 Å². The topological polar surface area (TPSA) is 53.7 Å². The van der Waals surface area contributed by atoms with E-state index in [9.17, 15) is 4.79 Å². The Morgan fingerprint density at radius 3 is 2.73 bits per heavy atom. The highest BCUT2D eigenvalue weighted by Gasteiger charge is 2.25. The average Bonchev–Trinajstić information content (AvgIpc) is 3.08. The zero-order chi connectivity index (χ0) is 18.1. The van der Waals surface area contributed by atoms with E-state index in [-0.39, 0.29) is 5.91 Å². The van der Waals surface area contributed by atoms with Gasteiger partial charge in [0.25, 0.3) is 5.91 Å². The highest BCUT2D eigenvalue weighted by atomic mass is 35.5. The maximum atomic E-state index is 12.8. The van der Waals surface area contributed by atoms with Crippen LogP contribution in [-0.4, -0.2) is 56.5 Å². The molecule has 0 saturated carbocycles. The number of piperazine rings is 1. The molecule has 1 aliphatic rings. The van der Waals surface area contributed by atoms with E-state index < -0.39 is 0 Å². The second-order valence-electron chi connectivity index (χ2n) is 6.25. The molecule has 1 fully saturated rings. The van der Waals surface area contributed by atoms with Gasteiger partial charge in [-0.3, -0.25) is 9.69 Å². The molecule has 0 N–H and O–H groups in total. The number of hydrogen-bond acceptors (Lipinski definition) is 4. The van der Waals surface area contributed by atoms with Crippen molar-refractivity contribution in [1.82, 2.24) is 24.4 Å². The maximum Gasteiger partial charge on any atom is 0.259 e. The molecule has 4 rings (SSSR count). The van der Waals surface area contributed by atoms with Crippen LogP contribution < -0.4 is 0 Å². The van der Waals surface area contributed by atoms with Crippen molar-refractivity contribution in [2.75, 3.05) is 26.2 Å². The quantitative estimate of drug-likeness (QED) is 0.690. The molecular formula is C18H17Cl2N5O. The Labute approximate surface area is 160 Å². The van der Waals surface area contributed by atoms with Gasteiger partial charge in [0.15, 0.2) is 5.65 Å². The number of rotatable bonds is 3. The van der Waals surface area contributed by atoms with E-state index in [0.717, 1.165) is 25.2 Å². The minimum absolute atomic E-state index is 0.0251. The molecule has 3 aromatic rings. The van der Waals surface area contributed by atoms with Crippen LogP contribution in [0.4, 0.5) is 0 Å². The molecule has 1 amide bonds. The van der Waals surface area contributed by atoms with Crippen LogP contribution in [0.2, 0.25) is 10.0 Å². The number of nitrogens with zero attached hydrogens (tertiary/aromatic N) is 5. The third-order valence-electron chi connectivity index (χ3n) is 4.58. The number of amides is 1. The fourth-order valence-corrected chi connectivity index (χ4v) is 3.62. The molecule has 3 heterocycles. The number of aromatic nitrogens is 3. The van der Waals surface area contributed by atoms with Crippen LogP contribution in [-0.2, 0) is 6.54 Å². The number of fused-ring (bicyclic) bond motifs is 1. The molecule has 134 valence electrons. The summed E-state index contributed by atoms with van der Waals surface area (Å²) in [7, 11) is 0. The average molecular weight is 390 g/mol. The predicted octanol–water partition coefficient (Wildman–Crippen LogP) is 2.99. The van der Waals surface area contributed by atoms with Crippen molar-refractivity contribution in [3.8, 4) is 0 Å². The molecule has 0 bridgehead atoms. The molecule has 1 aliphatic heterocycles. The Morgan fingerprint density at radius 2 is 1.96 bits per heavy atom. The summed E-state index contributed by atoms with van der Waals surface area (Å²) in [6.07, 6.45) is 5.04. The minimum Gasteiger partial charge on any atom is -0.336 e. The van der Waals surface area contributed by atoms with Crippen LogP contribution in [0, 0.1) is 0 Å². The fourth-order valence-electron chi connectivity index (χ4n) is 3.15. The number of halogens is 2. The van der Waals surface area contributed by atoms with Gasteiger partial charge >= 0.3 is 0 Å². The van der Waals surface area contributed by atoms with E-state index in [1.807, 2.05) is 17.0 Å².